The molecule has 0 radical (unpaired) electrons. The van der Waals surface area contributed by atoms with E-state index in [1.807, 2.05) is 63.2 Å². The highest BCUT2D eigenvalue weighted by Gasteiger charge is 2.13. The molecule has 0 unspecified atom stereocenters. The summed E-state index contributed by atoms with van der Waals surface area (Å²) in [5.74, 6) is 0.512. The van der Waals surface area contributed by atoms with Crippen molar-refractivity contribution >= 4 is 51.1 Å². The maximum atomic E-state index is 12.7. The molecular formula is C20H21N3OS2. The Morgan fingerprint density at radius 2 is 2.00 bits per heavy atom. The van der Waals surface area contributed by atoms with Gasteiger partial charge < -0.3 is 4.90 Å². The number of carbonyl (C=O) groups is 1. The van der Waals surface area contributed by atoms with Crippen molar-refractivity contribution in [1.82, 2.24) is 9.88 Å². The van der Waals surface area contributed by atoms with E-state index < -0.39 is 0 Å². The molecule has 0 amide bonds. The van der Waals surface area contributed by atoms with Gasteiger partial charge in [0.1, 0.15) is 0 Å². The molecule has 1 aromatic heterocycles. The van der Waals surface area contributed by atoms with E-state index in [0.717, 1.165) is 36.9 Å². The molecule has 0 bridgehead atoms. The van der Waals surface area contributed by atoms with Crippen molar-refractivity contribution < 1.29 is 4.79 Å². The fourth-order valence-electron chi connectivity index (χ4n) is 2.54. The number of hydrogen-bond acceptors (Lipinski definition) is 5. The van der Waals surface area contributed by atoms with Crippen LogP contribution in [0.15, 0.2) is 45.7 Å². The Bertz CT molecular complexity index is 943. The SMILES string of the molecule is Cc1cc(C(=O)CSc2nc3ccccc3s2)c(C)cc1/N=C\N(C)C. The lowest BCUT2D eigenvalue weighted by molar-refractivity contribution is 0.102. The molecule has 0 aliphatic carbocycles. The molecule has 0 spiro atoms. The van der Waals surface area contributed by atoms with Crippen molar-refractivity contribution in [3.63, 3.8) is 0 Å². The number of aromatic nitrogens is 1. The summed E-state index contributed by atoms with van der Waals surface area (Å²) < 4.78 is 2.08. The Morgan fingerprint density at radius 3 is 2.73 bits per heavy atom. The van der Waals surface area contributed by atoms with Crippen molar-refractivity contribution in [3.8, 4) is 0 Å². The molecule has 0 saturated heterocycles. The number of Topliss-reactive ketones (excluding diaryl/α,β-unsaturated/α-hetero) is 1. The molecular weight excluding hydrogens is 362 g/mol. The van der Waals surface area contributed by atoms with Gasteiger partial charge in [-0.05, 0) is 49.2 Å². The van der Waals surface area contributed by atoms with E-state index in [1.165, 1.54) is 11.8 Å². The monoisotopic (exact) mass is 383 g/mol. The van der Waals surface area contributed by atoms with Crippen LogP contribution in [0.4, 0.5) is 5.69 Å². The molecule has 0 aliphatic rings. The quantitative estimate of drug-likeness (QED) is 0.257. The van der Waals surface area contributed by atoms with Crippen molar-refractivity contribution in [1.29, 1.82) is 0 Å². The molecule has 0 saturated carbocycles. The number of nitrogens with zero attached hydrogens (tertiary/aromatic N) is 3. The summed E-state index contributed by atoms with van der Waals surface area (Å²) in [5.41, 5.74) is 4.60. The van der Waals surface area contributed by atoms with Crippen molar-refractivity contribution in [2.24, 2.45) is 4.99 Å². The lowest BCUT2D eigenvalue weighted by Crippen LogP contribution is -2.08. The van der Waals surface area contributed by atoms with Gasteiger partial charge in [0.25, 0.3) is 0 Å². The van der Waals surface area contributed by atoms with Crippen LogP contribution >= 0.6 is 23.1 Å². The minimum Gasteiger partial charge on any atom is -0.369 e. The highest BCUT2D eigenvalue weighted by atomic mass is 32.2. The second kappa shape index (κ2) is 8.01. The molecule has 0 atom stereocenters. The number of ketones is 1. The van der Waals surface area contributed by atoms with Gasteiger partial charge >= 0.3 is 0 Å². The van der Waals surface area contributed by atoms with Crippen LogP contribution in [0, 0.1) is 13.8 Å². The first kappa shape index (κ1) is 18.6. The zero-order valence-electron chi connectivity index (χ0n) is 15.3. The third kappa shape index (κ3) is 4.31. The van der Waals surface area contributed by atoms with Gasteiger partial charge in [-0.25, -0.2) is 9.98 Å². The number of carbonyl (C=O) groups excluding carboxylic acids is 1. The van der Waals surface area contributed by atoms with Crippen LogP contribution in [0.5, 0.6) is 0 Å². The van der Waals surface area contributed by atoms with E-state index >= 15 is 0 Å². The standard InChI is InChI=1S/C20H21N3OS2/c1-13-10-17(21-12-23(3)4)14(2)9-15(13)18(24)11-25-20-22-16-7-5-6-8-19(16)26-20/h5-10,12H,11H2,1-4H3/b21-12-. The van der Waals surface area contributed by atoms with E-state index in [1.54, 1.807) is 17.7 Å². The van der Waals surface area contributed by atoms with Crippen LogP contribution in [-0.4, -0.2) is 41.9 Å². The van der Waals surface area contributed by atoms with E-state index in [-0.39, 0.29) is 5.78 Å². The number of aliphatic imine (C=N–C) groups is 1. The maximum absolute atomic E-state index is 12.7. The smallest absolute Gasteiger partial charge is 0.173 e. The number of hydrogen-bond donors (Lipinski definition) is 0. The summed E-state index contributed by atoms with van der Waals surface area (Å²) in [6.07, 6.45) is 1.77. The molecule has 1 heterocycles. The zero-order chi connectivity index (χ0) is 18.7. The highest BCUT2D eigenvalue weighted by molar-refractivity contribution is 8.01. The van der Waals surface area contributed by atoms with E-state index in [2.05, 4.69) is 16.0 Å². The normalized spacial score (nSPS) is 11.4. The number of thioether (sulfide) groups is 1. The lowest BCUT2D eigenvalue weighted by atomic mass is 10.0. The molecule has 134 valence electrons. The van der Waals surface area contributed by atoms with E-state index in [9.17, 15) is 4.79 Å². The minimum atomic E-state index is 0.123. The summed E-state index contributed by atoms with van der Waals surface area (Å²) in [6, 6.07) is 12.0. The Balaban J connectivity index is 1.74. The summed E-state index contributed by atoms with van der Waals surface area (Å²) >= 11 is 3.13. The summed E-state index contributed by atoms with van der Waals surface area (Å²) in [7, 11) is 3.87. The molecule has 26 heavy (non-hydrogen) atoms. The van der Waals surface area contributed by atoms with Gasteiger partial charge in [-0.2, -0.15) is 0 Å². The number of rotatable bonds is 6. The number of fused-ring (bicyclic) bond motifs is 1. The molecule has 0 fully saturated rings. The van der Waals surface area contributed by atoms with E-state index in [0.29, 0.717) is 5.75 Å². The fraction of sp³-hybridized carbons (Fsp3) is 0.250. The highest BCUT2D eigenvalue weighted by Crippen LogP contribution is 2.30. The molecule has 3 aromatic rings. The molecule has 0 N–H and O–H groups in total. The fourth-order valence-corrected chi connectivity index (χ4v) is 4.49. The molecule has 3 rings (SSSR count). The molecule has 6 heteroatoms. The molecule has 0 aliphatic heterocycles. The molecule has 2 aromatic carbocycles. The van der Waals surface area contributed by atoms with Crippen LogP contribution in [0.2, 0.25) is 0 Å². The van der Waals surface area contributed by atoms with Crippen molar-refractivity contribution in [3.05, 3.63) is 53.1 Å². The number of para-hydroxylation sites is 1. The Hall–Kier alpha value is -2.18. The first-order valence-corrected chi connectivity index (χ1v) is 10.1. The topological polar surface area (TPSA) is 45.6 Å². The third-order valence-electron chi connectivity index (χ3n) is 3.87. The zero-order valence-corrected chi connectivity index (χ0v) is 16.9. The van der Waals surface area contributed by atoms with E-state index in [4.69, 9.17) is 0 Å². The third-order valence-corrected chi connectivity index (χ3v) is 6.05. The van der Waals surface area contributed by atoms with Crippen LogP contribution in [0.25, 0.3) is 10.2 Å². The Labute approximate surface area is 162 Å². The maximum Gasteiger partial charge on any atom is 0.173 e. The van der Waals surface area contributed by atoms with Gasteiger partial charge in [-0.3, -0.25) is 4.79 Å². The van der Waals surface area contributed by atoms with Crippen LogP contribution in [0.3, 0.4) is 0 Å². The Kier molecular flexibility index (Phi) is 5.74. The number of benzene rings is 2. The van der Waals surface area contributed by atoms with Gasteiger partial charge in [-0.15, -0.1) is 11.3 Å². The van der Waals surface area contributed by atoms with Gasteiger partial charge in [0, 0.05) is 19.7 Å². The predicted molar refractivity (Wildman–Crippen MR) is 112 cm³/mol. The van der Waals surface area contributed by atoms with Gasteiger partial charge in [0.15, 0.2) is 10.1 Å². The second-order valence-electron chi connectivity index (χ2n) is 6.32. The van der Waals surface area contributed by atoms with Gasteiger partial charge in [-0.1, -0.05) is 23.9 Å². The van der Waals surface area contributed by atoms with Crippen LogP contribution < -0.4 is 0 Å². The Morgan fingerprint density at radius 1 is 1.23 bits per heavy atom. The molecule has 4 nitrogen and oxygen atoms in total. The minimum absolute atomic E-state index is 0.123. The van der Waals surface area contributed by atoms with Gasteiger partial charge in [0.2, 0.25) is 0 Å². The van der Waals surface area contributed by atoms with Crippen molar-refractivity contribution in [2.75, 3.05) is 19.8 Å². The lowest BCUT2D eigenvalue weighted by Gasteiger charge is -2.09. The average molecular weight is 384 g/mol. The number of thiazole rings is 1. The summed E-state index contributed by atoms with van der Waals surface area (Å²) in [5, 5.41) is 0. The largest absolute Gasteiger partial charge is 0.369 e. The van der Waals surface area contributed by atoms with Crippen LogP contribution in [-0.2, 0) is 0 Å². The first-order valence-electron chi connectivity index (χ1n) is 8.27. The van der Waals surface area contributed by atoms with Crippen molar-refractivity contribution in [2.45, 2.75) is 18.2 Å². The predicted octanol–water partition coefficient (Wildman–Crippen LogP) is 5.11. The summed E-state index contributed by atoms with van der Waals surface area (Å²) in [4.78, 5) is 23.6. The first-order chi connectivity index (χ1) is 12.4. The summed E-state index contributed by atoms with van der Waals surface area (Å²) in [6.45, 7) is 3.95. The number of aryl methyl sites for hydroxylation is 2. The average Bonchev–Trinajstić information content (AvgIpc) is 3.03. The van der Waals surface area contributed by atoms with Gasteiger partial charge in [0.05, 0.1) is 28.0 Å². The van der Waals surface area contributed by atoms with Crippen LogP contribution in [0.1, 0.15) is 21.5 Å². The second-order valence-corrected chi connectivity index (χ2v) is 8.57.